The zero-order valence-electron chi connectivity index (χ0n) is 14.3. The number of amides is 2. The lowest BCUT2D eigenvalue weighted by Gasteiger charge is -2.38. The molecule has 2 aliphatic heterocycles. The number of phenolic OH excluding ortho intramolecular Hbond substituents is 1. The van der Waals surface area contributed by atoms with E-state index in [1.807, 2.05) is 0 Å². The van der Waals surface area contributed by atoms with Gasteiger partial charge in [-0.25, -0.2) is 0 Å². The van der Waals surface area contributed by atoms with Crippen molar-refractivity contribution in [1.82, 2.24) is 10.2 Å². The minimum absolute atomic E-state index is 0.0533. The van der Waals surface area contributed by atoms with Crippen molar-refractivity contribution < 1.29 is 24.6 Å². The standard InChI is InChI=1S/C18H23N3O5/c19-8-2-1-3-13-17(24)21-14(16(23)20-13)9-12(18(25)26)15(21)10-4-6-11(22)7-5-10/h4-7,12-15,22H,1-3,8-9,19H2,(H,20,23)(H,25,26)/t12-,13+,14-,15-/m1/s1. The molecule has 26 heavy (non-hydrogen) atoms. The van der Waals surface area contributed by atoms with Crippen molar-refractivity contribution in [3.63, 3.8) is 0 Å². The Balaban J connectivity index is 1.92. The van der Waals surface area contributed by atoms with Crippen LogP contribution in [0.4, 0.5) is 0 Å². The largest absolute Gasteiger partial charge is 0.508 e. The number of carbonyl (C=O) groups is 3. The number of nitrogens with one attached hydrogen (secondary N) is 1. The maximum atomic E-state index is 13.0. The molecule has 140 valence electrons. The summed E-state index contributed by atoms with van der Waals surface area (Å²) in [4.78, 5) is 38.7. The monoisotopic (exact) mass is 361 g/mol. The summed E-state index contributed by atoms with van der Waals surface area (Å²) in [5, 5.41) is 21.9. The molecule has 2 fully saturated rings. The summed E-state index contributed by atoms with van der Waals surface area (Å²) >= 11 is 0. The topological polar surface area (TPSA) is 133 Å². The van der Waals surface area contributed by atoms with E-state index in [9.17, 15) is 24.6 Å². The molecular formula is C18H23N3O5. The average Bonchev–Trinajstić information content (AvgIpc) is 3.02. The number of fused-ring (bicyclic) bond motifs is 1. The van der Waals surface area contributed by atoms with Gasteiger partial charge in [-0.05, 0) is 49.9 Å². The number of aliphatic carboxylic acids is 1. The normalized spacial score (nSPS) is 28.0. The summed E-state index contributed by atoms with van der Waals surface area (Å²) < 4.78 is 0. The molecule has 0 saturated carbocycles. The van der Waals surface area contributed by atoms with Crippen LogP contribution in [0.25, 0.3) is 0 Å². The van der Waals surface area contributed by atoms with Gasteiger partial charge in [-0.15, -0.1) is 0 Å². The highest BCUT2D eigenvalue weighted by atomic mass is 16.4. The molecule has 1 aromatic rings. The van der Waals surface area contributed by atoms with Crippen LogP contribution >= 0.6 is 0 Å². The first kappa shape index (κ1) is 18.2. The van der Waals surface area contributed by atoms with Gasteiger partial charge in [0.25, 0.3) is 0 Å². The van der Waals surface area contributed by atoms with E-state index in [1.54, 1.807) is 12.1 Å². The van der Waals surface area contributed by atoms with Crippen LogP contribution in [0.1, 0.15) is 37.3 Å². The predicted molar refractivity (Wildman–Crippen MR) is 92.1 cm³/mol. The Hall–Kier alpha value is -2.61. The lowest BCUT2D eigenvalue weighted by molar-refractivity contribution is -0.150. The summed E-state index contributed by atoms with van der Waals surface area (Å²) in [7, 11) is 0. The van der Waals surface area contributed by atoms with Crippen LogP contribution in [0, 0.1) is 5.92 Å². The minimum atomic E-state index is -1.04. The summed E-state index contributed by atoms with van der Waals surface area (Å²) in [5.74, 6) is -2.43. The summed E-state index contributed by atoms with van der Waals surface area (Å²) in [6.45, 7) is 0.512. The lowest BCUT2D eigenvalue weighted by atomic mass is 9.93. The first-order chi connectivity index (χ1) is 12.4. The Morgan fingerprint density at radius 2 is 1.92 bits per heavy atom. The van der Waals surface area contributed by atoms with Crippen LogP contribution in [-0.2, 0) is 14.4 Å². The second-order valence-electron chi connectivity index (χ2n) is 6.82. The quantitative estimate of drug-likeness (QED) is 0.541. The van der Waals surface area contributed by atoms with E-state index in [0.717, 1.165) is 6.42 Å². The van der Waals surface area contributed by atoms with Gasteiger partial charge >= 0.3 is 5.97 Å². The number of benzene rings is 1. The molecule has 0 aliphatic carbocycles. The second kappa shape index (κ2) is 7.33. The Bertz CT molecular complexity index is 705. The Morgan fingerprint density at radius 1 is 1.23 bits per heavy atom. The van der Waals surface area contributed by atoms with Crippen LogP contribution in [0.2, 0.25) is 0 Å². The summed E-state index contributed by atoms with van der Waals surface area (Å²) in [6, 6.07) is 3.94. The van der Waals surface area contributed by atoms with Crippen molar-refractivity contribution in [2.45, 2.75) is 43.8 Å². The van der Waals surface area contributed by atoms with Crippen LogP contribution in [0.15, 0.2) is 24.3 Å². The fraction of sp³-hybridized carbons (Fsp3) is 0.500. The molecule has 0 bridgehead atoms. The first-order valence-corrected chi connectivity index (χ1v) is 8.78. The number of carboxylic acid groups (broad SMARTS) is 1. The molecule has 2 heterocycles. The molecule has 5 N–H and O–H groups in total. The molecule has 3 rings (SSSR count). The SMILES string of the molecule is NCCCC[C@@H]1NC(=O)[C@H]2C[C@@H](C(=O)O)[C@@H](c3ccc(O)cc3)N2C1=O. The highest BCUT2D eigenvalue weighted by Gasteiger charge is 2.54. The minimum Gasteiger partial charge on any atom is -0.508 e. The number of rotatable bonds is 6. The molecular weight excluding hydrogens is 338 g/mol. The van der Waals surface area contributed by atoms with Crippen molar-refractivity contribution in [2.75, 3.05) is 6.54 Å². The first-order valence-electron chi connectivity index (χ1n) is 8.78. The molecule has 4 atom stereocenters. The van der Waals surface area contributed by atoms with Crippen LogP contribution in [0.3, 0.4) is 0 Å². The van der Waals surface area contributed by atoms with Gasteiger partial charge in [-0.1, -0.05) is 12.1 Å². The Labute approximate surface area is 151 Å². The molecule has 0 spiro atoms. The van der Waals surface area contributed by atoms with Gasteiger partial charge in [0.1, 0.15) is 17.8 Å². The van der Waals surface area contributed by atoms with E-state index in [0.29, 0.717) is 24.9 Å². The molecule has 8 nitrogen and oxygen atoms in total. The molecule has 1 aromatic carbocycles. The van der Waals surface area contributed by atoms with Crippen molar-refractivity contribution in [3.05, 3.63) is 29.8 Å². The van der Waals surface area contributed by atoms with Crippen LogP contribution in [0.5, 0.6) is 5.75 Å². The highest BCUT2D eigenvalue weighted by Crippen LogP contribution is 2.43. The molecule has 0 radical (unpaired) electrons. The number of hydrogen-bond acceptors (Lipinski definition) is 5. The second-order valence-corrected chi connectivity index (χ2v) is 6.82. The van der Waals surface area contributed by atoms with Crippen molar-refractivity contribution in [1.29, 1.82) is 0 Å². The van der Waals surface area contributed by atoms with E-state index in [4.69, 9.17) is 5.73 Å². The van der Waals surface area contributed by atoms with E-state index in [1.165, 1.54) is 17.0 Å². The molecule has 8 heteroatoms. The van der Waals surface area contributed by atoms with Crippen LogP contribution in [-0.4, -0.2) is 51.5 Å². The van der Waals surface area contributed by atoms with Crippen LogP contribution < -0.4 is 11.1 Å². The number of nitrogens with zero attached hydrogens (tertiary/aromatic N) is 1. The fourth-order valence-electron chi connectivity index (χ4n) is 3.89. The number of carbonyl (C=O) groups excluding carboxylic acids is 2. The van der Waals surface area contributed by atoms with Gasteiger partial charge in [0.15, 0.2) is 0 Å². The Kier molecular flexibility index (Phi) is 5.13. The van der Waals surface area contributed by atoms with Gasteiger partial charge in [-0.2, -0.15) is 0 Å². The van der Waals surface area contributed by atoms with Crippen molar-refractivity contribution in [3.8, 4) is 5.75 Å². The zero-order valence-corrected chi connectivity index (χ0v) is 14.3. The number of phenols is 1. The molecule has 2 aliphatic rings. The molecule has 0 aromatic heterocycles. The maximum absolute atomic E-state index is 13.0. The molecule has 2 saturated heterocycles. The third kappa shape index (κ3) is 3.24. The number of unbranched alkanes of at least 4 members (excludes halogenated alkanes) is 1. The van der Waals surface area contributed by atoms with Gasteiger partial charge < -0.3 is 26.2 Å². The smallest absolute Gasteiger partial charge is 0.309 e. The summed E-state index contributed by atoms with van der Waals surface area (Å²) in [5.41, 5.74) is 6.08. The molecule has 2 amide bonds. The molecule has 0 unspecified atom stereocenters. The van der Waals surface area contributed by atoms with E-state index < -0.39 is 30.0 Å². The van der Waals surface area contributed by atoms with E-state index in [2.05, 4.69) is 5.32 Å². The third-order valence-electron chi connectivity index (χ3n) is 5.16. The number of piperazine rings is 1. The van der Waals surface area contributed by atoms with E-state index >= 15 is 0 Å². The number of carboxylic acids is 1. The average molecular weight is 361 g/mol. The predicted octanol–water partition coefficient (Wildman–Crippen LogP) is 0.362. The highest BCUT2D eigenvalue weighted by molar-refractivity contribution is 5.98. The Morgan fingerprint density at radius 3 is 2.54 bits per heavy atom. The summed E-state index contributed by atoms with van der Waals surface area (Å²) in [6.07, 6.45) is 2.01. The third-order valence-corrected chi connectivity index (χ3v) is 5.16. The van der Waals surface area contributed by atoms with E-state index in [-0.39, 0.29) is 24.0 Å². The number of hydrogen-bond donors (Lipinski definition) is 4. The van der Waals surface area contributed by atoms with Gasteiger partial charge in [0.05, 0.1) is 12.0 Å². The van der Waals surface area contributed by atoms with Crippen molar-refractivity contribution in [2.24, 2.45) is 11.7 Å². The number of aromatic hydroxyl groups is 1. The van der Waals surface area contributed by atoms with Gasteiger partial charge in [-0.3, -0.25) is 14.4 Å². The van der Waals surface area contributed by atoms with Crippen molar-refractivity contribution >= 4 is 17.8 Å². The van der Waals surface area contributed by atoms with Gasteiger partial charge in [0, 0.05) is 0 Å². The zero-order chi connectivity index (χ0) is 18.8. The maximum Gasteiger partial charge on any atom is 0.309 e. The number of nitrogens with two attached hydrogens (primary N) is 1. The lowest BCUT2D eigenvalue weighted by Crippen LogP contribution is -2.61. The van der Waals surface area contributed by atoms with Gasteiger partial charge in [0.2, 0.25) is 11.8 Å². The fourth-order valence-corrected chi connectivity index (χ4v) is 3.89.